The zero-order chi connectivity index (χ0) is 12.3. The summed E-state index contributed by atoms with van der Waals surface area (Å²) in [5.41, 5.74) is 1.36. The van der Waals surface area contributed by atoms with Crippen LogP contribution in [0.3, 0.4) is 0 Å². The maximum Gasteiger partial charge on any atom is 0.372 e. The van der Waals surface area contributed by atoms with Crippen LogP contribution in [0.4, 0.5) is 0 Å². The fourth-order valence-corrected chi connectivity index (χ4v) is 1.54. The van der Waals surface area contributed by atoms with Crippen molar-refractivity contribution in [2.75, 3.05) is 0 Å². The van der Waals surface area contributed by atoms with E-state index in [1.54, 1.807) is 41.3 Å². The van der Waals surface area contributed by atoms with Crippen LogP contribution >= 0.6 is 0 Å². The van der Waals surface area contributed by atoms with E-state index in [-0.39, 0.29) is 6.42 Å². The van der Waals surface area contributed by atoms with Crippen LogP contribution < -0.4 is 0 Å². The molecule has 0 aliphatic carbocycles. The molecule has 2 aromatic rings. The molecule has 5 heteroatoms. The first-order valence-corrected chi connectivity index (χ1v) is 5.02. The number of hydrogen-bond donors (Lipinski definition) is 1. The Balaban J connectivity index is 2.35. The first kappa shape index (κ1) is 11.1. The fourth-order valence-electron chi connectivity index (χ4n) is 1.54. The number of nitrogens with zero attached hydrogens (tertiary/aromatic N) is 2. The van der Waals surface area contributed by atoms with E-state index in [9.17, 15) is 9.59 Å². The molecular weight excluding hydrogens is 220 g/mol. The van der Waals surface area contributed by atoms with Crippen molar-refractivity contribution in [3.05, 3.63) is 48.3 Å². The first-order chi connectivity index (χ1) is 8.18. The third-order valence-corrected chi connectivity index (χ3v) is 2.33. The van der Waals surface area contributed by atoms with Gasteiger partial charge in [0.1, 0.15) is 0 Å². The quantitative estimate of drug-likeness (QED) is 0.797. The smallest absolute Gasteiger partial charge is 0.372 e. The number of Topliss-reactive ketones (excluding diaryl/α,β-unsaturated/α-hetero) is 1. The maximum atomic E-state index is 11.2. The number of carboxylic acid groups (broad SMARTS) is 1. The largest absolute Gasteiger partial charge is 0.475 e. The van der Waals surface area contributed by atoms with Crippen molar-refractivity contribution in [2.45, 2.75) is 6.42 Å². The van der Waals surface area contributed by atoms with E-state index in [4.69, 9.17) is 5.11 Å². The average Bonchev–Trinajstić information content (AvgIpc) is 2.83. The molecule has 2 rings (SSSR count). The molecule has 0 aliphatic heterocycles. The number of carbonyl (C=O) groups excluding carboxylic acids is 1. The molecule has 1 heterocycles. The summed E-state index contributed by atoms with van der Waals surface area (Å²) in [6.45, 7) is 0. The number of carboxylic acids is 1. The number of aliphatic carboxylic acids is 1. The standard InChI is InChI=1S/C12H10N2O3/c15-11(12(16)17)8-9-4-1-2-5-10(9)14-7-3-6-13-14/h1-7H,8H2,(H,16,17). The second kappa shape index (κ2) is 4.61. The van der Waals surface area contributed by atoms with Gasteiger partial charge in [-0.3, -0.25) is 4.79 Å². The van der Waals surface area contributed by atoms with Gasteiger partial charge in [-0.15, -0.1) is 0 Å². The Hall–Kier alpha value is -2.43. The SMILES string of the molecule is O=C(O)C(=O)Cc1ccccc1-n1cccn1. The van der Waals surface area contributed by atoms with Crippen LogP contribution in [0.25, 0.3) is 5.69 Å². The van der Waals surface area contributed by atoms with Gasteiger partial charge < -0.3 is 5.11 Å². The van der Waals surface area contributed by atoms with E-state index in [2.05, 4.69) is 5.10 Å². The Kier molecular flexibility index (Phi) is 3.00. The minimum Gasteiger partial charge on any atom is -0.475 e. The molecule has 0 bridgehead atoms. The molecule has 0 saturated heterocycles. The number of carbonyl (C=O) groups is 2. The summed E-state index contributed by atoms with van der Waals surface area (Å²) in [5, 5.41) is 12.7. The summed E-state index contributed by atoms with van der Waals surface area (Å²) in [6.07, 6.45) is 3.23. The third kappa shape index (κ3) is 2.39. The summed E-state index contributed by atoms with van der Waals surface area (Å²) >= 11 is 0. The predicted molar refractivity (Wildman–Crippen MR) is 59.9 cm³/mol. The highest BCUT2D eigenvalue weighted by atomic mass is 16.4. The summed E-state index contributed by atoms with van der Waals surface area (Å²) in [6, 6.07) is 8.84. The van der Waals surface area contributed by atoms with E-state index in [0.717, 1.165) is 0 Å². The van der Waals surface area contributed by atoms with Gasteiger partial charge in [0.15, 0.2) is 0 Å². The van der Waals surface area contributed by atoms with E-state index < -0.39 is 11.8 Å². The lowest BCUT2D eigenvalue weighted by molar-refractivity contribution is -0.148. The van der Waals surface area contributed by atoms with E-state index in [1.165, 1.54) is 0 Å². The molecule has 0 spiro atoms. The Morgan fingerprint density at radius 3 is 2.65 bits per heavy atom. The normalized spacial score (nSPS) is 10.1. The fraction of sp³-hybridized carbons (Fsp3) is 0.0833. The maximum absolute atomic E-state index is 11.2. The molecule has 0 fully saturated rings. The van der Waals surface area contributed by atoms with Gasteiger partial charge in [0.05, 0.1) is 5.69 Å². The second-order valence-corrected chi connectivity index (χ2v) is 3.48. The van der Waals surface area contributed by atoms with Crippen molar-refractivity contribution in [2.24, 2.45) is 0 Å². The number of aromatic nitrogens is 2. The van der Waals surface area contributed by atoms with Gasteiger partial charge in [0, 0.05) is 18.8 Å². The van der Waals surface area contributed by atoms with Gasteiger partial charge in [-0.1, -0.05) is 18.2 Å². The van der Waals surface area contributed by atoms with Crippen molar-refractivity contribution >= 4 is 11.8 Å². The highest BCUT2D eigenvalue weighted by Gasteiger charge is 2.14. The van der Waals surface area contributed by atoms with Gasteiger partial charge in [0.2, 0.25) is 5.78 Å². The molecule has 0 amide bonds. The Morgan fingerprint density at radius 1 is 1.24 bits per heavy atom. The number of ketones is 1. The Bertz CT molecular complexity index is 547. The molecule has 5 nitrogen and oxygen atoms in total. The Morgan fingerprint density at radius 2 is 2.00 bits per heavy atom. The topological polar surface area (TPSA) is 72.2 Å². The number of rotatable bonds is 4. The second-order valence-electron chi connectivity index (χ2n) is 3.48. The zero-order valence-electron chi connectivity index (χ0n) is 8.91. The van der Waals surface area contributed by atoms with Crippen LogP contribution in [0.1, 0.15) is 5.56 Å². The Labute approximate surface area is 97.3 Å². The number of para-hydroxylation sites is 1. The van der Waals surface area contributed by atoms with Crippen molar-refractivity contribution in [1.29, 1.82) is 0 Å². The van der Waals surface area contributed by atoms with Crippen LogP contribution in [0.2, 0.25) is 0 Å². The average molecular weight is 230 g/mol. The van der Waals surface area contributed by atoms with Crippen molar-refractivity contribution in [3.63, 3.8) is 0 Å². The van der Waals surface area contributed by atoms with Gasteiger partial charge >= 0.3 is 5.97 Å². The van der Waals surface area contributed by atoms with Crippen molar-refractivity contribution in [3.8, 4) is 5.69 Å². The molecule has 1 aromatic heterocycles. The molecular formula is C12H10N2O3. The number of benzene rings is 1. The summed E-state index contributed by atoms with van der Waals surface area (Å²) < 4.78 is 1.60. The minimum absolute atomic E-state index is 0.134. The molecule has 0 aliphatic rings. The van der Waals surface area contributed by atoms with Gasteiger partial charge in [-0.2, -0.15) is 5.10 Å². The lowest BCUT2D eigenvalue weighted by Crippen LogP contribution is -2.16. The summed E-state index contributed by atoms with van der Waals surface area (Å²) in [7, 11) is 0. The molecule has 17 heavy (non-hydrogen) atoms. The van der Waals surface area contributed by atoms with E-state index in [1.807, 2.05) is 6.07 Å². The van der Waals surface area contributed by atoms with Gasteiger partial charge in [-0.25, -0.2) is 9.48 Å². The minimum atomic E-state index is -1.42. The van der Waals surface area contributed by atoms with Crippen LogP contribution in [0.15, 0.2) is 42.7 Å². The summed E-state index contributed by atoms with van der Waals surface area (Å²) in [5.74, 6) is -2.25. The molecule has 0 radical (unpaired) electrons. The van der Waals surface area contributed by atoms with Crippen LogP contribution in [0.5, 0.6) is 0 Å². The van der Waals surface area contributed by atoms with E-state index in [0.29, 0.717) is 11.3 Å². The third-order valence-electron chi connectivity index (χ3n) is 2.33. The zero-order valence-corrected chi connectivity index (χ0v) is 8.91. The lowest BCUT2D eigenvalue weighted by atomic mass is 10.1. The highest BCUT2D eigenvalue weighted by Crippen LogP contribution is 2.14. The molecule has 0 saturated carbocycles. The van der Waals surface area contributed by atoms with Crippen molar-refractivity contribution < 1.29 is 14.7 Å². The number of hydrogen-bond acceptors (Lipinski definition) is 3. The molecule has 1 aromatic carbocycles. The first-order valence-electron chi connectivity index (χ1n) is 5.02. The molecule has 0 unspecified atom stereocenters. The van der Waals surface area contributed by atoms with Gasteiger partial charge in [0.25, 0.3) is 0 Å². The molecule has 0 atom stereocenters. The highest BCUT2D eigenvalue weighted by molar-refractivity contribution is 6.33. The molecule has 1 N–H and O–H groups in total. The lowest BCUT2D eigenvalue weighted by Gasteiger charge is -2.07. The monoisotopic (exact) mass is 230 g/mol. The van der Waals surface area contributed by atoms with Gasteiger partial charge in [-0.05, 0) is 17.7 Å². The predicted octanol–water partition coefficient (Wildman–Crippen LogP) is 1.07. The van der Waals surface area contributed by atoms with Crippen LogP contribution in [-0.2, 0) is 16.0 Å². The van der Waals surface area contributed by atoms with E-state index >= 15 is 0 Å². The van der Waals surface area contributed by atoms with Crippen LogP contribution in [-0.4, -0.2) is 26.6 Å². The van der Waals surface area contributed by atoms with Crippen LogP contribution in [0, 0.1) is 0 Å². The molecule has 86 valence electrons. The summed E-state index contributed by atoms with van der Waals surface area (Å²) in [4.78, 5) is 21.7. The van der Waals surface area contributed by atoms with Crippen molar-refractivity contribution in [1.82, 2.24) is 9.78 Å².